The SMILES string of the molecule is COC(=O)C1C(CF)=NC(Cn2cnnc2)=C(C(=O)OC(C)C)C1c1c(F)ccc(Cl)c1C(F)(F)F. The second-order valence-corrected chi connectivity index (χ2v) is 8.39. The summed E-state index contributed by atoms with van der Waals surface area (Å²) in [5.41, 5.74) is -4.18. The Hall–Kier alpha value is -3.35. The van der Waals surface area contributed by atoms with Gasteiger partial charge in [-0.05, 0) is 26.0 Å². The van der Waals surface area contributed by atoms with Crippen LogP contribution in [0.5, 0.6) is 0 Å². The normalized spacial score (nSPS) is 18.3. The number of rotatable bonds is 7. The summed E-state index contributed by atoms with van der Waals surface area (Å²) < 4.78 is 83.1. The van der Waals surface area contributed by atoms with Crippen LogP contribution in [0.3, 0.4) is 0 Å². The second kappa shape index (κ2) is 10.7. The predicted octanol–water partition coefficient (Wildman–Crippen LogP) is 4.29. The average Bonchev–Trinajstić information content (AvgIpc) is 3.30. The van der Waals surface area contributed by atoms with Crippen LogP contribution in [-0.4, -0.2) is 52.3 Å². The van der Waals surface area contributed by atoms with Crippen LogP contribution in [0.15, 0.2) is 41.0 Å². The third kappa shape index (κ3) is 5.40. The van der Waals surface area contributed by atoms with Gasteiger partial charge in [0.25, 0.3) is 0 Å². The summed E-state index contributed by atoms with van der Waals surface area (Å²) >= 11 is 5.84. The van der Waals surface area contributed by atoms with E-state index in [9.17, 15) is 27.2 Å². The van der Waals surface area contributed by atoms with Crippen molar-refractivity contribution < 1.29 is 41.0 Å². The number of aliphatic imine (C=N–C) groups is 1. The lowest BCUT2D eigenvalue weighted by molar-refractivity contribution is -0.146. The van der Waals surface area contributed by atoms with Crippen LogP contribution >= 0.6 is 11.6 Å². The number of benzene rings is 1. The molecule has 0 spiro atoms. The van der Waals surface area contributed by atoms with Crippen LogP contribution < -0.4 is 0 Å². The molecule has 1 aromatic heterocycles. The van der Waals surface area contributed by atoms with E-state index in [1.54, 1.807) is 0 Å². The zero-order valence-corrected chi connectivity index (χ0v) is 19.9. The number of carbonyl (C=O) groups excluding carboxylic acids is 2. The van der Waals surface area contributed by atoms with Gasteiger partial charge in [0.2, 0.25) is 0 Å². The number of ether oxygens (including phenoxy) is 2. The first-order chi connectivity index (χ1) is 16.9. The highest BCUT2D eigenvalue weighted by Gasteiger charge is 2.50. The van der Waals surface area contributed by atoms with Gasteiger partial charge in [-0.1, -0.05) is 11.6 Å². The minimum atomic E-state index is -5.21. The van der Waals surface area contributed by atoms with Gasteiger partial charge < -0.3 is 14.0 Å². The molecule has 0 radical (unpaired) electrons. The zero-order chi connectivity index (χ0) is 26.8. The number of hydrogen-bond donors (Lipinski definition) is 0. The van der Waals surface area contributed by atoms with Crippen molar-refractivity contribution in [1.29, 1.82) is 0 Å². The lowest BCUT2D eigenvalue weighted by Gasteiger charge is -2.34. The molecular weight excluding hydrogens is 515 g/mol. The highest BCUT2D eigenvalue weighted by atomic mass is 35.5. The Morgan fingerprint density at radius 1 is 1.19 bits per heavy atom. The van der Waals surface area contributed by atoms with Crippen LogP contribution in [0.2, 0.25) is 5.02 Å². The van der Waals surface area contributed by atoms with Gasteiger partial charge in [-0.3, -0.25) is 9.79 Å². The van der Waals surface area contributed by atoms with E-state index in [2.05, 4.69) is 15.2 Å². The van der Waals surface area contributed by atoms with E-state index < -0.39 is 76.0 Å². The maximum absolute atomic E-state index is 15.3. The van der Waals surface area contributed by atoms with Gasteiger partial charge in [-0.2, -0.15) is 13.2 Å². The number of carbonyl (C=O) groups is 2. The molecule has 0 bridgehead atoms. The van der Waals surface area contributed by atoms with Gasteiger partial charge in [0.1, 0.15) is 31.1 Å². The summed E-state index contributed by atoms with van der Waals surface area (Å²) in [6, 6.07) is 1.35. The standard InChI is InChI=1S/C22H20ClF5N4O4/c1-10(2)36-21(34)17-14(7-32-8-29-30-9-32)31-13(6-24)16(20(33)35-3)18(17)15-12(25)5-4-11(23)19(15)22(26,27)28/h4-5,8-10,16,18H,6-7H2,1-3H3. The number of allylic oxidation sites excluding steroid dienone is 1. The largest absolute Gasteiger partial charge is 0.468 e. The van der Waals surface area contributed by atoms with Crippen molar-refractivity contribution in [3.63, 3.8) is 0 Å². The Morgan fingerprint density at radius 3 is 2.36 bits per heavy atom. The molecule has 194 valence electrons. The van der Waals surface area contributed by atoms with Crippen LogP contribution in [0.4, 0.5) is 22.0 Å². The van der Waals surface area contributed by atoms with E-state index >= 15 is 4.39 Å². The quantitative estimate of drug-likeness (QED) is 0.388. The van der Waals surface area contributed by atoms with E-state index in [0.29, 0.717) is 12.1 Å². The molecule has 0 N–H and O–H groups in total. The molecule has 3 rings (SSSR count). The van der Waals surface area contributed by atoms with E-state index in [1.807, 2.05) is 0 Å². The fraction of sp³-hybridized carbons (Fsp3) is 0.409. The molecule has 2 atom stereocenters. The van der Waals surface area contributed by atoms with Gasteiger partial charge in [0, 0.05) is 11.5 Å². The van der Waals surface area contributed by atoms with Crippen molar-refractivity contribution in [3.05, 3.63) is 58.0 Å². The second-order valence-electron chi connectivity index (χ2n) is 7.98. The van der Waals surface area contributed by atoms with E-state index in [1.165, 1.54) is 31.1 Å². The third-order valence-electron chi connectivity index (χ3n) is 5.28. The summed E-state index contributed by atoms with van der Waals surface area (Å²) in [6.07, 6.45) is -3.53. The molecule has 1 aliphatic heterocycles. The Labute approximate surface area is 206 Å². The smallest absolute Gasteiger partial charge is 0.418 e. The number of halogens is 6. The Bertz CT molecular complexity index is 1210. The lowest BCUT2D eigenvalue weighted by Crippen LogP contribution is -2.40. The van der Waals surface area contributed by atoms with Gasteiger partial charge in [-0.25, -0.2) is 13.6 Å². The molecule has 2 aromatic rings. The molecule has 1 aliphatic rings. The Morgan fingerprint density at radius 2 is 1.83 bits per heavy atom. The summed E-state index contributed by atoms with van der Waals surface area (Å²) in [7, 11) is 0.913. The van der Waals surface area contributed by atoms with Crippen LogP contribution in [0, 0.1) is 11.7 Å². The average molecular weight is 535 g/mol. The molecule has 2 unspecified atom stereocenters. The zero-order valence-electron chi connectivity index (χ0n) is 19.1. The summed E-state index contributed by atoms with van der Waals surface area (Å²) in [6.45, 7) is 1.22. The van der Waals surface area contributed by atoms with E-state index in [4.69, 9.17) is 21.1 Å². The molecular formula is C22H20ClF5N4O4. The van der Waals surface area contributed by atoms with Gasteiger partial charge in [0.05, 0.1) is 47.3 Å². The van der Waals surface area contributed by atoms with Crippen molar-refractivity contribution in [2.24, 2.45) is 10.9 Å². The Balaban J connectivity index is 2.45. The first kappa shape index (κ1) is 27.2. The summed E-state index contributed by atoms with van der Waals surface area (Å²) in [5.74, 6) is -7.80. The van der Waals surface area contributed by atoms with E-state index in [0.717, 1.165) is 7.11 Å². The number of methoxy groups -OCH3 is 1. The molecule has 8 nitrogen and oxygen atoms in total. The molecule has 0 aliphatic carbocycles. The summed E-state index contributed by atoms with van der Waals surface area (Å²) in [5, 5.41) is 6.32. The van der Waals surface area contributed by atoms with Crippen molar-refractivity contribution in [2.75, 3.05) is 13.8 Å². The minimum absolute atomic E-state index is 0.272. The number of nitrogens with zero attached hydrogens (tertiary/aromatic N) is 4. The number of esters is 2. The minimum Gasteiger partial charge on any atom is -0.468 e. The predicted molar refractivity (Wildman–Crippen MR) is 116 cm³/mol. The molecule has 2 heterocycles. The maximum atomic E-state index is 15.3. The molecule has 0 amide bonds. The Kier molecular flexibility index (Phi) is 8.12. The highest BCUT2D eigenvalue weighted by Crippen LogP contribution is 2.48. The monoisotopic (exact) mass is 534 g/mol. The third-order valence-corrected chi connectivity index (χ3v) is 5.60. The molecule has 0 saturated heterocycles. The number of aromatic nitrogens is 3. The van der Waals surface area contributed by atoms with Crippen LogP contribution in [0.25, 0.3) is 0 Å². The fourth-order valence-corrected chi connectivity index (χ4v) is 4.22. The first-order valence-corrected chi connectivity index (χ1v) is 10.8. The number of hydrogen-bond acceptors (Lipinski definition) is 7. The van der Waals surface area contributed by atoms with Crippen LogP contribution in [0.1, 0.15) is 30.9 Å². The van der Waals surface area contributed by atoms with E-state index in [-0.39, 0.29) is 12.2 Å². The number of alkyl halides is 4. The molecule has 36 heavy (non-hydrogen) atoms. The maximum Gasteiger partial charge on any atom is 0.418 e. The topological polar surface area (TPSA) is 95.7 Å². The molecule has 0 fully saturated rings. The highest BCUT2D eigenvalue weighted by molar-refractivity contribution is 6.31. The molecule has 1 aromatic carbocycles. The first-order valence-electron chi connectivity index (χ1n) is 10.4. The lowest BCUT2D eigenvalue weighted by atomic mass is 9.73. The fourth-order valence-electron chi connectivity index (χ4n) is 3.94. The summed E-state index contributed by atoms with van der Waals surface area (Å²) in [4.78, 5) is 30.1. The molecule has 0 saturated carbocycles. The molecule has 14 heteroatoms. The van der Waals surface area contributed by atoms with Crippen LogP contribution in [-0.2, 0) is 31.8 Å². The van der Waals surface area contributed by atoms with Crippen molar-refractivity contribution in [3.8, 4) is 0 Å². The van der Waals surface area contributed by atoms with Gasteiger partial charge in [-0.15, -0.1) is 10.2 Å². The van der Waals surface area contributed by atoms with Crippen molar-refractivity contribution in [1.82, 2.24) is 14.8 Å². The van der Waals surface area contributed by atoms with Crippen molar-refractivity contribution >= 4 is 29.3 Å². The van der Waals surface area contributed by atoms with Crippen molar-refractivity contribution in [2.45, 2.75) is 38.6 Å². The van der Waals surface area contributed by atoms with Gasteiger partial charge >= 0.3 is 18.1 Å². The van der Waals surface area contributed by atoms with Gasteiger partial charge in [0.15, 0.2) is 0 Å².